The minimum atomic E-state index is -3.86. The van der Waals surface area contributed by atoms with Crippen LogP contribution in [0, 0.1) is 0 Å². The lowest BCUT2D eigenvalue weighted by atomic mass is 10.0. The van der Waals surface area contributed by atoms with Gasteiger partial charge in [0.25, 0.3) is 10.0 Å². The third-order valence-corrected chi connectivity index (χ3v) is 6.39. The summed E-state index contributed by atoms with van der Waals surface area (Å²) in [5.74, 6) is -0.654. The SMILES string of the molecule is O=c1[nH]c2cc(Cl)c(S(=O)(=O)N3CCCc4ccccc43)cc2o1. The van der Waals surface area contributed by atoms with Crippen molar-refractivity contribution in [2.45, 2.75) is 17.7 Å². The second-order valence-electron chi connectivity index (χ2n) is 5.60. The fourth-order valence-corrected chi connectivity index (χ4v) is 5.08. The van der Waals surface area contributed by atoms with Gasteiger partial charge in [-0.15, -0.1) is 0 Å². The Balaban J connectivity index is 1.90. The van der Waals surface area contributed by atoms with E-state index in [4.69, 9.17) is 16.0 Å². The number of fused-ring (bicyclic) bond motifs is 2. The summed E-state index contributed by atoms with van der Waals surface area (Å²) in [7, 11) is -3.86. The van der Waals surface area contributed by atoms with E-state index in [9.17, 15) is 13.2 Å². The number of aromatic nitrogens is 1. The van der Waals surface area contributed by atoms with Crippen LogP contribution in [-0.2, 0) is 16.4 Å². The molecule has 6 nitrogen and oxygen atoms in total. The van der Waals surface area contributed by atoms with Crippen molar-refractivity contribution in [3.63, 3.8) is 0 Å². The maximum Gasteiger partial charge on any atom is 0.417 e. The van der Waals surface area contributed by atoms with Crippen LogP contribution in [0.3, 0.4) is 0 Å². The lowest BCUT2D eigenvalue weighted by Crippen LogP contribution is -2.35. The van der Waals surface area contributed by atoms with E-state index >= 15 is 0 Å². The van der Waals surface area contributed by atoms with Gasteiger partial charge in [0, 0.05) is 12.6 Å². The smallest absolute Gasteiger partial charge is 0.408 e. The number of nitrogens with one attached hydrogen (secondary N) is 1. The summed E-state index contributed by atoms with van der Waals surface area (Å²) < 4.78 is 32.6. The van der Waals surface area contributed by atoms with E-state index in [0.29, 0.717) is 17.7 Å². The molecule has 4 rings (SSSR count). The van der Waals surface area contributed by atoms with Gasteiger partial charge in [-0.1, -0.05) is 29.8 Å². The van der Waals surface area contributed by atoms with Crippen molar-refractivity contribution in [3.05, 3.63) is 57.5 Å². The number of sulfonamides is 1. The first-order chi connectivity index (χ1) is 11.5. The molecule has 3 aromatic rings. The molecule has 0 bridgehead atoms. The van der Waals surface area contributed by atoms with Crippen LogP contribution < -0.4 is 10.1 Å². The third kappa shape index (κ3) is 2.32. The molecule has 0 atom stereocenters. The van der Waals surface area contributed by atoms with Gasteiger partial charge in [-0.2, -0.15) is 0 Å². The monoisotopic (exact) mass is 364 g/mol. The molecule has 1 aromatic heterocycles. The Labute approximate surface area is 142 Å². The number of benzene rings is 2. The predicted octanol–water partition coefficient (Wildman–Crippen LogP) is 2.92. The van der Waals surface area contributed by atoms with Crippen molar-refractivity contribution < 1.29 is 12.8 Å². The topological polar surface area (TPSA) is 83.4 Å². The summed E-state index contributed by atoms with van der Waals surface area (Å²) in [4.78, 5) is 13.7. The predicted molar refractivity (Wildman–Crippen MR) is 91.1 cm³/mol. The number of aryl methyl sites for hydroxylation is 1. The largest absolute Gasteiger partial charge is 0.417 e. The number of hydrogen-bond acceptors (Lipinski definition) is 4. The summed E-state index contributed by atoms with van der Waals surface area (Å²) in [6, 6.07) is 10.1. The van der Waals surface area contributed by atoms with Gasteiger partial charge in [-0.25, -0.2) is 13.2 Å². The number of rotatable bonds is 2. The molecule has 0 aliphatic carbocycles. The first-order valence-electron chi connectivity index (χ1n) is 7.40. The maximum absolute atomic E-state index is 13.1. The maximum atomic E-state index is 13.1. The Kier molecular flexibility index (Phi) is 3.43. The van der Waals surface area contributed by atoms with Gasteiger partial charge < -0.3 is 4.42 Å². The van der Waals surface area contributed by atoms with Crippen LogP contribution >= 0.6 is 11.6 Å². The molecule has 0 unspecified atom stereocenters. The average Bonchev–Trinajstić information content (AvgIpc) is 2.92. The van der Waals surface area contributed by atoms with E-state index in [2.05, 4.69) is 4.98 Å². The van der Waals surface area contributed by atoms with Crippen molar-refractivity contribution in [2.75, 3.05) is 10.8 Å². The van der Waals surface area contributed by atoms with Gasteiger partial charge in [-0.3, -0.25) is 9.29 Å². The Morgan fingerprint density at radius 2 is 2.00 bits per heavy atom. The van der Waals surface area contributed by atoms with Gasteiger partial charge in [0.05, 0.1) is 16.2 Å². The first kappa shape index (κ1) is 15.3. The van der Waals surface area contributed by atoms with Crippen LogP contribution in [0.4, 0.5) is 5.69 Å². The Bertz CT molecular complexity index is 1100. The Hall–Kier alpha value is -2.25. The molecule has 2 heterocycles. The lowest BCUT2D eigenvalue weighted by molar-refractivity contribution is 0.553. The quantitative estimate of drug-likeness (QED) is 0.757. The van der Waals surface area contributed by atoms with E-state index in [0.717, 1.165) is 18.4 Å². The van der Waals surface area contributed by atoms with E-state index in [1.54, 1.807) is 6.07 Å². The molecule has 2 aromatic carbocycles. The van der Waals surface area contributed by atoms with E-state index in [1.165, 1.54) is 16.4 Å². The highest BCUT2D eigenvalue weighted by Crippen LogP contribution is 2.35. The zero-order valence-corrected chi connectivity index (χ0v) is 14.0. The fraction of sp³-hybridized carbons (Fsp3) is 0.188. The molecule has 0 amide bonds. The lowest BCUT2D eigenvalue weighted by Gasteiger charge is -2.30. The number of hydrogen-bond donors (Lipinski definition) is 1. The van der Waals surface area contributed by atoms with Crippen molar-refractivity contribution in [2.24, 2.45) is 0 Å². The van der Waals surface area contributed by atoms with Crippen LogP contribution in [0.1, 0.15) is 12.0 Å². The van der Waals surface area contributed by atoms with Crippen LogP contribution in [0.5, 0.6) is 0 Å². The van der Waals surface area contributed by atoms with Gasteiger partial charge >= 0.3 is 5.76 Å². The Morgan fingerprint density at radius 3 is 2.83 bits per heavy atom. The first-order valence-corrected chi connectivity index (χ1v) is 9.21. The molecule has 0 saturated heterocycles. The number of halogens is 1. The average molecular weight is 365 g/mol. The van der Waals surface area contributed by atoms with Crippen LogP contribution in [-0.4, -0.2) is 19.9 Å². The molecule has 24 heavy (non-hydrogen) atoms. The van der Waals surface area contributed by atoms with Crippen LogP contribution in [0.15, 0.2) is 50.5 Å². The van der Waals surface area contributed by atoms with E-state index in [1.807, 2.05) is 18.2 Å². The number of H-pyrrole nitrogens is 1. The molecule has 1 aliphatic rings. The summed E-state index contributed by atoms with van der Waals surface area (Å²) in [6.07, 6.45) is 1.57. The molecule has 1 aliphatic heterocycles. The van der Waals surface area contributed by atoms with E-state index < -0.39 is 15.8 Å². The minimum absolute atomic E-state index is 0.0441. The molecular formula is C16H13ClN2O4S. The van der Waals surface area contributed by atoms with Gasteiger partial charge in [-0.05, 0) is 30.5 Å². The molecule has 0 saturated carbocycles. The molecule has 0 fully saturated rings. The zero-order chi connectivity index (χ0) is 16.9. The normalized spacial score (nSPS) is 14.8. The van der Waals surface area contributed by atoms with Gasteiger partial charge in [0.1, 0.15) is 4.90 Å². The van der Waals surface area contributed by atoms with Crippen molar-refractivity contribution in [1.29, 1.82) is 0 Å². The summed E-state index contributed by atoms with van der Waals surface area (Å²) in [5, 5.41) is 0.0441. The standard InChI is InChI=1S/C16H13ClN2O4S/c17-11-8-12-14(23-16(20)18-12)9-15(11)24(21,22)19-7-3-5-10-4-1-2-6-13(10)19/h1-2,4,6,8-9H,3,5,7H2,(H,18,20). The third-order valence-electron chi connectivity index (χ3n) is 4.11. The molecule has 124 valence electrons. The summed E-state index contributed by atoms with van der Waals surface area (Å²) in [5.41, 5.74) is 2.17. The van der Waals surface area contributed by atoms with Crippen LogP contribution in [0.25, 0.3) is 11.1 Å². The minimum Gasteiger partial charge on any atom is -0.408 e. The van der Waals surface area contributed by atoms with Crippen molar-refractivity contribution in [1.82, 2.24) is 4.98 Å². The molecule has 0 spiro atoms. The molecule has 8 heteroatoms. The highest BCUT2D eigenvalue weighted by molar-refractivity contribution is 7.93. The van der Waals surface area contributed by atoms with E-state index in [-0.39, 0.29) is 15.5 Å². The van der Waals surface area contributed by atoms with Gasteiger partial charge in [0.15, 0.2) is 5.58 Å². The second kappa shape index (κ2) is 5.39. The highest BCUT2D eigenvalue weighted by atomic mass is 35.5. The number of anilines is 1. The Morgan fingerprint density at radius 1 is 1.21 bits per heavy atom. The summed E-state index contributed by atoms with van der Waals surface area (Å²) in [6.45, 7) is 0.380. The number of para-hydroxylation sites is 1. The van der Waals surface area contributed by atoms with Crippen LogP contribution in [0.2, 0.25) is 5.02 Å². The number of aromatic amines is 1. The highest BCUT2D eigenvalue weighted by Gasteiger charge is 2.31. The second-order valence-corrected chi connectivity index (χ2v) is 7.84. The van der Waals surface area contributed by atoms with Gasteiger partial charge in [0.2, 0.25) is 0 Å². The molecule has 1 N–H and O–H groups in total. The molecular weight excluding hydrogens is 352 g/mol. The van der Waals surface area contributed by atoms with Crippen molar-refractivity contribution >= 4 is 38.4 Å². The summed E-state index contributed by atoms with van der Waals surface area (Å²) >= 11 is 6.17. The fourth-order valence-electron chi connectivity index (χ4n) is 3.02. The number of oxazole rings is 1. The zero-order valence-electron chi connectivity index (χ0n) is 12.5. The van der Waals surface area contributed by atoms with Crippen molar-refractivity contribution in [3.8, 4) is 0 Å². The number of nitrogens with zero attached hydrogens (tertiary/aromatic N) is 1. The molecule has 0 radical (unpaired) electrons.